The number of halogens is 1. The van der Waals surface area contributed by atoms with Crippen molar-refractivity contribution in [1.29, 1.82) is 0 Å². The molecule has 0 aliphatic carbocycles. The van der Waals surface area contributed by atoms with E-state index in [-0.39, 0.29) is 24.0 Å². The van der Waals surface area contributed by atoms with E-state index in [1.54, 1.807) is 11.3 Å². The largest absolute Gasteiger partial charge is 0.379 e. The zero-order chi connectivity index (χ0) is 17.4. The molecule has 0 radical (unpaired) electrons. The Labute approximate surface area is 172 Å². The number of ether oxygens (including phenoxy) is 1. The smallest absolute Gasteiger partial charge is 0.191 e. The number of aryl methyl sites for hydroxylation is 1. The minimum Gasteiger partial charge on any atom is -0.379 e. The number of morpholine rings is 1. The van der Waals surface area contributed by atoms with Gasteiger partial charge < -0.3 is 15.4 Å². The van der Waals surface area contributed by atoms with Gasteiger partial charge in [-0.1, -0.05) is 20.8 Å². The van der Waals surface area contributed by atoms with Crippen LogP contribution in [0.25, 0.3) is 0 Å². The molecule has 2 N–H and O–H groups in total. The molecule has 144 valence electrons. The fraction of sp³-hybridized carbons (Fsp3) is 0.765. The van der Waals surface area contributed by atoms with Crippen LogP contribution in [0.1, 0.15) is 31.5 Å². The third-order valence-electron chi connectivity index (χ3n) is 4.33. The third kappa shape index (κ3) is 7.36. The minimum atomic E-state index is 0. The lowest BCUT2D eigenvalue weighted by atomic mass is 10.0. The van der Waals surface area contributed by atoms with Crippen molar-refractivity contribution in [3.63, 3.8) is 0 Å². The number of nitrogens with zero attached hydrogens (tertiary/aromatic N) is 3. The maximum Gasteiger partial charge on any atom is 0.191 e. The van der Waals surface area contributed by atoms with Crippen molar-refractivity contribution in [2.24, 2.45) is 10.9 Å². The van der Waals surface area contributed by atoms with Crippen LogP contribution in [0.2, 0.25) is 0 Å². The van der Waals surface area contributed by atoms with Crippen LogP contribution < -0.4 is 10.6 Å². The van der Waals surface area contributed by atoms with Crippen molar-refractivity contribution < 1.29 is 4.74 Å². The predicted octanol–water partition coefficient (Wildman–Crippen LogP) is 2.35. The Bertz CT molecular complexity index is 517. The molecule has 25 heavy (non-hydrogen) atoms. The highest BCUT2D eigenvalue weighted by Gasteiger charge is 2.23. The lowest BCUT2D eigenvalue weighted by molar-refractivity contribution is 0.00752. The van der Waals surface area contributed by atoms with Crippen LogP contribution in [0, 0.1) is 5.92 Å². The molecule has 1 fully saturated rings. The van der Waals surface area contributed by atoms with Crippen molar-refractivity contribution in [2.75, 3.05) is 39.9 Å². The average molecular weight is 481 g/mol. The first kappa shape index (κ1) is 22.6. The molecule has 6 nitrogen and oxygen atoms in total. The number of rotatable bonds is 7. The van der Waals surface area contributed by atoms with E-state index < -0.39 is 0 Å². The van der Waals surface area contributed by atoms with E-state index >= 15 is 0 Å². The maximum atomic E-state index is 5.47. The number of hydrogen-bond donors (Lipinski definition) is 2. The molecule has 0 bridgehead atoms. The molecule has 8 heteroatoms. The molecule has 0 amide bonds. The zero-order valence-corrected chi connectivity index (χ0v) is 18.9. The SMILES string of the molecule is CCc1nc(CNC(=NC)NCC(C(C)C)N2CCOCC2)cs1.I. The molecule has 0 spiro atoms. The van der Waals surface area contributed by atoms with Crippen LogP contribution in [0.15, 0.2) is 10.4 Å². The molecular weight excluding hydrogens is 449 g/mol. The second-order valence-corrected chi connectivity index (χ2v) is 7.30. The van der Waals surface area contributed by atoms with Gasteiger partial charge in [0.2, 0.25) is 0 Å². The van der Waals surface area contributed by atoms with Gasteiger partial charge in [-0.15, -0.1) is 35.3 Å². The van der Waals surface area contributed by atoms with Gasteiger partial charge in [-0.3, -0.25) is 9.89 Å². The first-order valence-corrected chi connectivity index (χ1v) is 9.71. The molecule has 1 aromatic rings. The third-order valence-corrected chi connectivity index (χ3v) is 5.37. The van der Waals surface area contributed by atoms with Crippen molar-refractivity contribution in [2.45, 2.75) is 39.8 Å². The van der Waals surface area contributed by atoms with Crippen molar-refractivity contribution >= 4 is 41.3 Å². The van der Waals surface area contributed by atoms with E-state index in [2.05, 4.69) is 51.7 Å². The molecule has 1 saturated heterocycles. The van der Waals surface area contributed by atoms with Gasteiger partial charge in [-0.2, -0.15) is 0 Å². The van der Waals surface area contributed by atoms with Crippen molar-refractivity contribution in [3.05, 3.63) is 16.1 Å². The van der Waals surface area contributed by atoms with E-state index in [9.17, 15) is 0 Å². The van der Waals surface area contributed by atoms with Gasteiger partial charge in [0, 0.05) is 38.1 Å². The topological polar surface area (TPSA) is 61.8 Å². The minimum absolute atomic E-state index is 0. The molecule has 0 aromatic carbocycles. The number of hydrogen-bond acceptors (Lipinski definition) is 5. The molecule has 1 aliphatic heterocycles. The average Bonchev–Trinajstić information content (AvgIpc) is 3.06. The maximum absolute atomic E-state index is 5.47. The highest BCUT2D eigenvalue weighted by molar-refractivity contribution is 14.0. The highest BCUT2D eigenvalue weighted by atomic mass is 127. The molecular formula is C17H32IN5OS. The molecule has 1 unspecified atom stereocenters. The predicted molar refractivity (Wildman–Crippen MR) is 116 cm³/mol. The van der Waals surface area contributed by atoms with E-state index in [0.29, 0.717) is 18.5 Å². The second-order valence-electron chi connectivity index (χ2n) is 6.35. The van der Waals surface area contributed by atoms with Gasteiger partial charge in [-0.25, -0.2) is 4.98 Å². The molecule has 2 rings (SSSR count). The summed E-state index contributed by atoms with van der Waals surface area (Å²) in [6, 6.07) is 0.485. The van der Waals surface area contributed by atoms with E-state index in [1.165, 1.54) is 5.01 Å². The molecule has 1 aliphatic rings. The van der Waals surface area contributed by atoms with E-state index in [1.807, 2.05) is 7.05 Å². The van der Waals surface area contributed by atoms with Crippen molar-refractivity contribution in [3.8, 4) is 0 Å². The fourth-order valence-electron chi connectivity index (χ4n) is 2.88. The van der Waals surface area contributed by atoms with Gasteiger partial charge in [0.15, 0.2) is 5.96 Å². The molecule has 0 saturated carbocycles. The van der Waals surface area contributed by atoms with Crippen LogP contribution in [-0.4, -0.2) is 61.8 Å². The van der Waals surface area contributed by atoms with Gasteiger partial charge in [0.05, 0.1) is 30.5 Å². The summed E-state index contributed by atoms with van der Waals surface area (Å²) in [7, 11) is 1.81. The Morgan fingerprint density at radius 2 is 2.08 bits per heavy atom. The Balaban J connectivity index is 0.00000312. The fourth-order valence-corrected chi connectivity index (χ4v) is 3.63. The Morgan fingerprint density at radius 1 is 1.36 bits per heavy atom. The summed E-state index contributed by atoms with van der Waals surface area (Å²) < 4.78 is 5.47. The second kappa shape index (κ2) is 12.0. The van der Waals surface area contributed by atoms with E-state index in [0.717, 1.165) is 50.9 Å². The lowest BCUT2D eigenvalue weighted by Gasteiger charge is -2.37. The van der Waals surface area contributed by atoms with Crippen molar-refractivity contribution in [1.82, 2.24) is 20.5 Å². The summed E-state index contributed by atoms with van der Waals surface area (Å²) >= 11 is 1.72. The van der Waals surface area contributed by atoms with Crippen LogP contribution in [0.5, 0.6) is 0 Å². The highest BCUT2D eigenvalue weighted by Crippen LogP contribution is 2.12. The Morgan fingerprint density at radius 3 is 2.64 bits per heavy atom. The molecule has 1 aromatic heterocycles. The number of aliphatic imine (C=N–C) groups is 1. The van der Waals surface area contributed by atoms with Crippen LogP contribution in [0.4, 0.5) is 0 Å². The monoisotopic (exact) mass is 481 g/mol. The first-order valence-electron chi connectivity index (χ1n) is 8.83. The number of thiazole rings is 1. The number of guanidine groups is 1. The number of aromatic nitrogens is 1. The summed E-state index contributed by atoms with van der Waals surface area (Å²) in [4.78, 5) is 11.4. The van der Waals surface area contributed by atoms with Crippen LogP contribution in [0.3, 0.4) is 0 Å². The Hall–Kier alpha value is -0.450. The normalized spacial score (nSPS) is 17.2. The summed E-state index contributed by atoms with van der Waals surface area (Å²) in [5.74, 6) is 1.42. The van der Waals surface area contributed by atoms with E-state index in [4.69, 9.17) is 4.74 Å². The summed E-state index contributed by atoms with van der Waals surface area (Å²) in [6.07, 6.45) is 0.993. The van der Waals surface area contributed by atoms with Gasteiger partial charge >= 0.3 is 0 Å². The van der Waals surface area contributed by atoms with Crippen LogP contribution >= 0.6 is 35.3 Å². The zero-order valence-electron chi connectivity index (χ0n) is 15.7. The number of nitrogens with one attached hydrogen (secondary N) is 2. The Kier molecular flexibility index (Phi) is 10.9. The van der Waals surface area contributed by atoms with Gasteiger partial charge in [0.1, 0.15) is 0 Å². The summed E-state index contributed by atoms with van der Waals surface area (Å²) in [5.41, 5.74) is 1.08. The van der Waals surface area contributed by atoms with Gasteiger partial charge in [-0.05, 0) is 12.3 Å². The quantitative estimate of drug-likeness (QED) is 0.356. The summed E-state index contributed by atoms with van der Waals surface area (Å²) in [5, 5.41) is 10.1. The van der Waals surface area contributed by atoms with Gasteiger partial charge in [0.25, 0.3) is 0 Å². The first-order chi connectivity index (χ1) is 11.6. The lowest BCUT2D eigenvalue weighted by Crippen LogP contribution is -2.52. The molecule has 1 atom stereocenters. The summed E-state index contributed by atoms with van der Waals surface area (Å²) in [6.45, 7) is 12.0. The standard InChI is InChI=1S/C17H31N5OS.HI/c1-5-16-21-14(12-24-16)10-19-17(18-4)20-11-15(13(2)3)22-6-8-23-9-7-22;/h12-13,15H,5-11H2,1-4H3,(H2,18,19,20);1H. The van der Waals surface area contributed by atoms with Crippen LogP contribution in [-0.2, 0) is 17.7 Å². The molecule has 2 heterocycles.